The van der Waals surface area contributed by atoms with Crippen LogP contribution in [0.1, 0.15) is 18.9 Å². The summed E-state index contributed by atoms with van der Waals surface area (Å²) >= 11 is 5.95. The lowest BCUT2D eigenvalue weighted by atomic mass is 10.2. The number of aromatic nitrogens is 2. The highest BCUT2D eigenvalue weighted by atomic mass is 35.5. The topological polar surface area (TPSA) is 99.6 Å². The predicted molar refractivity (Wildman–Crippen MR) is 84.7 cm³/mol. The van der Waals surface area contributed by atoms with Crippen molar-refractivity contribution in [3.8, 4) is 6.07 Å². The van der Waals surface area contributed by atoms with E-state index in [9.17, 15) is 0 Å². The largest absolute Gasteiger partial charge is 0.370 e. The van der Waals surface area contributed by atoms with Crippen molar-refractivity contribution >= 4 is 34.9 Å². The van der Waals surface area contributed by atoms with E-state index in [1.165, 1.54) is 0 Å². The zero-order valence-electron chi connectivity index (χ0n) is 11.5. The van der Waals surface area contributed by atoms with Crippen LogP contribution in [-0.4, -0.2) is 16.5 Å². The van der Waals surface area contributed by atoms with Crippen LogP contribution in [-0.2, 0) is 0 Å². The zero-order chi connectivity index (χ0) is 15.2. The third-order valence-corrected chi connectivity index (χ3v) is 2.90. The Morgan fingerprint density at radius 1 is 1.29 bits per heavy atom. The third-order valence-electron chi connectivity index (χ3n) is 2.66. The Morgan fingerprint density at radius 2 is 2.05 bits per heavy atom. The first-order chi connectivity index (χ1) is 10.1. The molecule has 21 heavy (non-hydrogen) atoms. The maximum atomic E-state index is 9.11. The molecule has 4 N–H and O–H groups in total. The molecule has 7 heteroatoms. The van der Waals surface area contributed by atoms with Crippen molar-refractivity contribution in [1.82, 2.24) is 9.97 Å². The summed E-state index contributed by atoms with van der Waals surface area (Å²) in [4.78, 5) is 8.20. The summed E-state index contributed by atoms with van der Waals surface area (Å²) in [5.74, 6) is 1.28. The monoisotopic (exact) mass is 302 g/mol. The molecule has 2 aromatic rings. The maximum Gasteiger partial charge on any atom is 0.223 e. The molecule has 0 bridgehead atoms. The molecular formula is C14H15ClN6. The van der Waals surface area contributed by atoms with Gasteiger partial charge in [-0.15, -0.1) is 0 Å². The van der Waals surface area contributed by atoms with Crippen molar-refractivity contribution < 1.29 is 0 Å². The van der Waals surface area contributed by atoms with E-state index in [1.807, 2.05) is 0 Å². The number of benzene rings is 1. The number of nitrogens with one attached hydrogen (secondary N) is 2. The molecule has 1 aromatic heterocycles. The van der Waals surface area contributed by atoms with Gasteiger partial charge in [-0.05, 0) is 24.6 Å². The van der Waals surface area contributed by atoms with Gasteiger partial charge < -0.3 is 16.4 Å². The number of nitrogen functional groups attached to an aromatic ring is 1. The van der Waals surface area contributed by atoms with E-state index in [0.717, 1.165) is 13.0 Å². The molecule has 0 atom stereocenters. The molecule has 0 fully saturated rings. The molecule has 0 amide bonds. The second-order valence-corrected chi connectivity index (χ2v) is 4.79. The van der Waals surface area contributed by atoms with Gasteiger partial charge >= 0.3 is 0 Å². The number of nitrogens with zero attached hydrogens (tertiary/aromatic N) is 3. The van der Waals surface area contributed by atoms with Crippen LogP contribution >= 0.6 is 11.6 Å². The number of nitriles is 1. The van der Waals surface area contributed by atoms with E-state index >= 15 is 0 Å². The molecule has 0 aliphatic carbocycles. The van der Waals surface area contributed by atoms with Crippen LogP contribution in [0.4, 0.5) is 23.3 Å². The van der Waals surface area contributed by atoms with Crippen molar-refractivity contribution in [2.45, 2.75) is 13.3 Å². The Balaban J connectivity index is 2.29. The molecule has 108 valence electrons. The van der Waals surface area contributed by atoms with Crippen LogP contribution in [0.2, 0.25) is 5.02 Å². The van der Waals surface area contributed by atoms with Crippen molar-refractivity contribution in [1.29, 1.82) is 5.26 Å². The lowest BCUT2D eigenvalue weighted by Crippen LogP contribution is -2.07. The summed E-state index contributed by atoms with van der Waals surface area (Å²) in [6.07, 6.45) is 0.972. The average molecular weight is 303 g/mol. The number of nitrogens with two attached hydrogens (primary N) is 1. The molecule has 0 aliphatic rings. The first kappa shape index (κ1) is 14.9. The lowest BCUT2D eigenvalue weighted by Gasteiger charge is -2.10. The van der Waals surface area contributed by atoms with Gasteiger partial charge in [0.05, 0.1) is 11.3 Å². The number of hydrogen-bond acceptors (Lipinski definition) is 6. The minimum absolute atomic E-state index is 0.152. The minimum atomic E-state index is 0.152. The van der Waals surface area contributed by atoms with E-state index in [0.29, 0.717) is 27.9 Å². The molecule has 6 nitrogen and oxygen atoms in total. The molecule has 0 saturated carbocycles. The number of hydrogen-bond donors (Lipinski definition) is 3. The molecule has 1 heterocycles. The molecule has 0 spiro atoms. The fraction of sp³-hybridized carbons (Fsp3) is 0.214. The highest BCUT2D eigenvalue weighted by molar-refractivity contribution is 6.30. The third kappa shape index (κ3) is 3.97. The van der Waals surface area contributed by atoms with Gasteiger partial charge in [-0.3, -0.25) is 0 Å². The van der Waals surface area contributed by atoms with E-state index in [4.69, 9.17) is 22.6 Å². The Kier molecular flexibility index (Phi) is 4.80. The first-order valence-corrected chi connectivity index (χ1v) is 6.85. The van der Waals surface area contributed by atoms with Crippen molar-refractivity contribution in [2.24, 2.45) is 0 Å². The van der Waals surface area contributed by atoms with Crippen LogP contribution in [0.15, 0.2) is 24.3 Å². The van der Waals surface area contributed by atoms with Crippen LogP contribution < -0.4 is 16.4 Å². The van der Waals surface area contributed by atoms with Gasteiger partial charge in [0.25, 0.3) is 0 Å². The summed E-state index contributed by atoms with van der Waals surface area (Å²) in [6, 6.07) is 8.79. The van der Waals surface area contributed by atoms with E-state index in [2.05, 4.69) is 33.6 Å². The summed E-state index contributed by atoms with van der Waals surface area (Å²) in [5.41, 5.74) is 6.74. The SMILES string of the molecule is CCCNc1cc(Nc2cc(Cl)ccc2C#N)nc(N)n1. The Morgan fingerprint density at radius 3 is 2.76 bits per heavy atom. The molecular weight excluding hydrogens is 288 g/mol. The molecule has 0 unspecified atom stereocenters. The average Bonchev–Trinajstić information content (AvgIpc) is 2.45. The van der Waals surface area contributed by atoms with Gasteiger partial charge in [-0.25, -0.2) is 0 Å². The van der Waals surface area contributed by atoms with Gasteiger partial charge in [0.1, 0.15) is 17.7 Å². The smallest absolute Gasteiger partial charge is 0.223 e. The second-order valence-electron chi connectivity index (χ2n) is 4.35. The molecule has 2 rings (SSSR count). The van der Waals surface area contributed by atoms with Gasteiger partial charge in [-0.1, -0.05) is 18.5 Å². The van der Waals surface area contributed by atoms with Crippen molar-refractivity contribution in [2.75, 3.05) is 22.9 Å². The number of rotatable bonds is 5. The number of anilines is 4. The van der Waals surface area contributed by atoms with Crippen LogP contribution in [0.3, 0.4) is 0 Å². The van der Waals surface area contributed by atoms with Gasteiger partial charge in [0, 0.05) is 17.6 Å². The summed E-state index contributed by atoms with van der Waals surface area (Å²) in [7, 11) is 0. The van der Waals surface area contributed by atoms with Gasteiger partial charge in [0.15, 0.2) is 0 Å². The van der Waals surface area contributed by atoms with Crippen LogP contribution in [0, 0.1) is 11.3 Å². The predicted octanol–water partition coefficient (Wildman–Crippen LogP) is 3.15. The highest BCUT2D eigenvalue weighted by Crippen LogP contribution is 2.24. The lowest BCUT2D eigenvalue weighted by molar-refractivity contribution is 0.967. The highest BCUT2D eigenvalue weighted by Gasteiger charge is 2.07. The summed E-state index contributed by atoms with van der Waals surface area (Å²) < 4.78 is 0. The fourth-order valence-electron chi connectivity index (χ4n) is 1.73. The normalized spacial score (nSPS) is 9.95. The maximum absolute atomic E-state index is 9.11. The molecule has 1 aromatic carbocycles. The summed E-state index contributed by atoms with van der Waals surface area (Å²) in [6.45, 7) is 2.85. The summed E-state index contributed by atoms with van der Waals surface area (Å²) in [5, 5.41) is 15.8. The van der Waals surface area contributed by atoms with Crippen molar-refractivity contribution in [3.05, 3.63) is 34.9 Å². The first-order valence-electron chi connectivity index (χ1n) is 6.47. The Hall–Kier alpha value is -2.52. The van der Waals surface area contributed by atoms with Crippen molar-refractivity contribution in [3.63, 3.8) is 0 Å². The molecule has 0 saturated heterocycles. The van der Waals surface area contributed by atoms with Gasteiger partial charge in [-0.2, -0.15) is 15.2 Å². The second kappa shape index (κ2) is 6.77. The minimum Gasteiger partial charge on any atom is -0.370 e. The molecule has 0 aliphatic heterocycles. The van der Waals surface area contributed by atoms with E-state index < -0.39 is 0 Å². The Bertz CT molecular complexity index is 680. The quantitative estimate of drug-likeness (QED) is 0.784. The van der Waals surface area contributed by atoms with Crippen LogP contribution in [0.5, 0.6) is 0 Å². The number of halogens is 1. The zero-order valence-corrected chi connectivity index (χ0v) is 12.3. The standard InChI is InChI=1S/C14H15ClN6/c1-2-5-18-12-7-13(21-14(17)20-12)19-11-6-10(15)4-3-9(11)8-16/h3-4,6-7H,2,5H2,1H3,(H4,17,18,19,20,21). The Labute approximate surface area is 128 Å². The fourth-order valence-corrected chi connectivity index (χ4v) is 1.90. The van der Waals surface area contributed by atoms with E-state index in [1.54, 1.807) is 24.3 Å². The molecule has 0 radical (unpaired) electrons. The van der Waals surface area contributed by atoms with Crippen LogP contribution in [0.25, 0.3) is 0 Å². The van der Waals surface area contributed by atoms with Gasteiger partial charge in [0.2, 0.25) is 5.95 Å². The van der Waals surface area contributed by atoms with E-state index in [-0.39, 0.29) is 5.95 Å².